The van der Waals surface area contributed by atoms with E-state index in [0.29, 0.717) is 17.2 Å². The first-order valence-electron chi connectivity index (χ1n) is 10.2. The minimum Gasteiger partial charge on any atom is -0.364 e. The van der Waals surface area contributed by atoms with Gasteiger partial charge in [-0.15, -0.1) is 10.2 Å². The van der Waals surface area contributed by atoms with Crippen LogP contribution < -0.4 is 10.6 Å². The lowest BCUT2D eigenvalue weighted by molar-refractivity contribution is -0.126. The van der Waals surface area contributed by atoms with E-state index in [4.69, 9.17) is 4.74 Å². The Bertz CT molecular complexity index is 872. The van der Waals surface area contributed by atoms with Gasteiger partial charge < -0.3 is 20.3 Å². The van der Waals surface area contributed by atoms with Crippen LogP contribution in [-0.4, -0.2) is 84.2 Å². The Kier molecular flexibility index (Phi) is 8.83. The van der Waals surface area contributed by atoms with Crippen molar-refractivity contribution in [1.82, 2.24) is 25.3 Å². The molecule has 0 saturated carbocycles. The highest BCUT2D eigenvalue weighted by Crippen LogP contribution is 2.15. The molecule has 1 aromatic carbocycles. The number of hydrogen-bond donors (Lipinski definition) is 2. The number of amides is 2. The molecule has 2 heterocycles. The molecule has 1 aliphatic heterocycles. The van der Waals surface area contributed by atoms with Crippen LogP contribution in [0.4, 0.5) is 10.1 Å². The first kappa shape index (κ1) is 23.2. The van der Waals surface area contributed by atoms with Gasteiger partial charge in [0.25, 0.3) is 5.91 Å². The minimum absolute atomic E-state index is 0.0807. The van der Waals surface area contributed by atoms with Crippen LogP contribution in [0.1, 0.15) is 21.7 Å². The molecule has 9 nitrogen and oxygen atoms in total. The van der Waals surface area contributed by atoms with E-state index in [1.165, 1.54) is 18.2 Å². The molecule has 1 fully saturated rings. The van der Waals surface area contributed by atoms with Crippen molar-refractivity contribution in [3.8, 4) is 0 Å². The molecule has 2 amide bonds. The van der Waals surface area contributed by atoms with Crippen molar-refractivity contribution in [2.75, 3.05) is 57.7 Å². The second-order valence-corrected chi connectivity index (χ2v) is 8.15. The highest BCUT2D eigenvalue weighted by molar-refractivity contribution is 7.13. The molecular formula is C20H27FN6O3S. The van der Waals surface area contributed by atoms with Gasteiger partial charge in [0.05, 0.1) is 0 Å². The lowest BCUT2D eigenvalue weighted by Crippen LogP contribution is -2.48. The van der Waals surface area contributed by atoms with Gasteiger partial charge in [-0.1, -0.05) is 24.3 Å². The lowest BCUT2D eigenvalue weighted by atomic mass is 10.3. The number of halogens is 1. The summed E-state index contributed by atoms with van der Waals surface area (Å²) in [7, 11) is 0. The fraction of sp³-hybridized carbons (Fsp3) is 0.500. The standard InChI is InChI=1S/C20H27FN6O3S/c1-2-26-8-10-27(11-9-26)7-6-22-17(28)13-30-14-18-24-25-20(31-18)19(29)23-16-5-3-4-15(21)12-16/h3-5,12H,2,6-11,13-14H2,1H3,(H,22,28)(H,23,29). The number of benzene rings is 1. The highest BCUT2D eigenvalue weighted by Gasteiger charge is 2.16. The maximum absolute atomic E-state index is 13.2. The van der Waals surface area contributed by atoms with E-state index in [2.05, 4.69) is 37.6 Å². The Labute approximate surface area is 184 Å². The van der Waals surface area contributed by atoms with Crippen molar-refractivity contribution in [3.05, 3.63) is 40.1 Å². The van der Waals surface area contributed by atoms with Crippen molar-refractivity contribution < 1.29 is 18.7 Å². The first-order valence-corrected chi connectivity index (χ1v) is 11.0. The van der Waals surface area contributed by atoms with E-state index in [1.807, 2.05) is 0 Å². The Morgan fingerprint density at radius 3 is 2.71 bits per heavy atom. The molecule has 3 rings (SSSR count). The second-order valence-electron chi connectivity index (χ2n) is 7.08. The van der Waals surface area contributed by atoms with Gasteiger partial charge in [-0.3, -0.25) is 14.5 Å². The maximum Gasteiger partial charge on any atom is 0.286 e. The molecule has 31 heavy (non-hydrogen) atoms. The molecule has 0 bridgehead atoms. The number of piperazine rings is 1. The third-order valence-electron chi connectivity index (χ3n) is 4.86. The van der Waals surface area contributed by atoms with E-state index >= 15 is 0 Å². The Morgan fingerprint density at radius 1 is 1.19 bits per heavy atom. The van der Waals surface area contributed by atoms with Gasteiger partial charge in [0, 0.05) is 45.0 Å². The zero-order valence-electron chi connectivity index (χ0n) is 17.5. The molecule has 0 unspecified atom stereocenters. The van der Waals surface area contributed by atoms with Gasteiger partial charge >= 0.3 is 0 Å². The number of nitrogens with zero attached hydrogens (tertiary/aromatic N) is 4. The predicted octanol–water partition coefficient (Wildman–Crippen LogP) is 1.20. The summed E-state index contributed by atoms with van der Waals surface area (Å²) in [4.78, 5) is 28.8. The van der Waals surface area contributed by atoms with Crippen molar-refractivity contribution in [2.24, 2.45) is 0 Å². The Hall–Kier alpha value is -2.47. The largest absolute Gasteiger partial charge is 0.364 e. The SMILES string of the molecule is CCN1CCN(CCNC(=O)COCc2nnc(C(=O)Nc3cccc(F)c3)s2)CC1. The summed E-state index contributed by atoms with van der Waals surface area (Å²) in [6.45, 7) is 8.82. The van der Waals surface area contributed by atoms with Crippen LogP contribution in [0.5, 0.6) is 0 Å². The summed E-state index contributed by atoms with van der Waals surface area (Å²) in [6, 6.07) is 5.59. The third kappa shape index (κ3) is 7.62. The summed E-state index contributed by atoms with van der Waals surface area (Å²) in [5, 5.41) is 13.7. The quantitative estimate of drug-likeness (QED) is 0.561. The molecule has 2 N–H and O–H groups in total. The molecule has 2 aromatic rings. The topological polar surface area (TPSA) is 99.7 Å². The molecule has 0 atom stereocenters. The van der Waals surface area contributed by atoms with Crippen molar-refractivity contribution in [2.45, 2.75) is 13.5 Å². The Balaban J connectivity index is 1.31. The third-order valence-corrected chi connectivity index (χ3v) is 5.76. The molecule has 1 saturated heterocycles. The van der Waals surface area contributed by atoms with E-state index in [1.54, 1.807) is 6.07 Å². The first-order chi connectivity index (χ1) is 15.0. The van der Waals surface area contributed by atoms with Gasteiger partial charge in [0.2, 0.25) is 10.9 Å². The fourth-order valence-electron chi connectivity index (χ4n) is 3.12. The normalized spacial score (nSPS) is 15.0. The number of anilines is 1. The molecule has 168 valence electrons. The molecule has 0 radical (unpaired) electrons. The van der Waals surface area contributed by atoms with E-state index in [9.17, 15) is 14.0 Å². The molecular weight excluding hydrogens is 423 g/mol. The molecule has 0 aliphatic carbocycles. The van der Waals surface area contributed by atoms with Gasteiger partial charge in [-0.05, 0) is 24.7 Å². The zero-order valence-corrected chi connectivity index (χ0v) is 18.3. The van der Waals surface area contributed by atoms with Gasteiger partial charge in [-0.2, -0.15) is 0 Å². The smallest absolute Gasteiger partial charge is 0.286 e. The number of carbonyl (C=O) groups is 2. The summed E-state index contributed by atoms with van der Waals surface area (Å²) in [6.07, 6.45) is 0. The number of aromatic nitrogens is 2. The van der Waals surface area contributed by atoms with Crippen LogP contribution in [0.2, 0.25) is 0 Å². The Morgan fingerprint density at radius 2 is 1.97 bits per heavy atom. The number of carbonyl (C=O) groups excluding carboxylic acids is 2. The van der Waals surface area contributed by atoms with Crippen molar-refractivity contribution >= 4 is 28.8 Å². The fourth-order valence-corrected chi connectivity index (χ4v) is 3.79. The maximum atomic E-state index is 13.2. The van der Waals surface area contributed by atoms with Crippen molar-refractivity contribution in [1.29, 1.82) is 0 Å². The second kappa shape index (κ2) is 11.8. The number of rotatable bonds is 10. The van der Waals surface area contributed by atoms with Gasteiger partial charge in [-0.25, -0.2) is 4.39 Å². The zero-order chi connectivity index (χ0) is 22.1. The summed E-state index contributed by atoms with van der Waals surface area (Å²) in [5.41, 5.74) is 0.335. The minimum atomic E-state index is -0.480. The predicted molar refractivity (Wildman–Crippen MR) is 115 cm³/mol. The molecule has 1 aromatic heterocycles. The number of hydrogen-bond acceptors (Lipinski definition) is 8. The number of likely N-dealkylation sites (N-methyl/N-ethyl adjacent to an activating group) is 1. The number of nitrogens with one attached hydrogen (secondary N) is 2. The van der Waals surface area contributed by atoms with Crippen LogP contribution in [0, 0.1) is 5.82 Å². The van der Waals surface area contributed by atoms with E-state index < -0.39 is 11.7 Å². The van der Waals surface area contributed by atoms with Crippen molar-refractivity contribution in [3.63, 3.8) is 0 Å². The highest BCUT2D eigenvalue weighted by atomic mass is 32.1. The summed E-state index contributed by atoms with van der Waals surface area (Å²) in [5.74, 6) is -1.12. The van der Waals surface area contributed by atoms with Gasteiger partial charge in [0.1, 0.15) is 24.0 Å². The lowest BCUT2D eigenvalue weighted by Gasteiger charge is -2.33. The average Bonchev–Trinajstić information content (AvgIpc) is 3.23. The van der Waals surface area contributed by atoms with E-state index in [-0.39, 0.29) is 24.1 Å². The molecule has 0 spiro atoms. The van der Waals surface area contributed by atoms with Crippen LogP contribution in [0.15, 0.2) is 24.3 Å². The van der Waals surface area contributed by atoms with Crippen LogP contribution in [0.25, 0.3) is 0 Å². The van der Waals surface area contributed by atoms with Crippen LogP contribution >= 0.6 is 11.3 Å². The average molecular weight is 451 g/mol. The number of ether oxygens (including phenoxy) is 1. The molecule has 11 heteroatoms. The van der Waals surface area contributed by atoms with Gasteiger partial charge in [0.15, 0.2) is 0 Å². The van der Waals surface area contributed by atoms with Crippen LogP contribution in [-0.2, 0) is 16.1 Å². The van der Waals surface area contributed by atoms with Crippen LogP contribution in [0.3, 0.4) is 0 Å². The molecule has 1 aliphatic rings. The monoisotopic (exact) mass is 450 g/mol. The summed E-state index contributed by atoms with van der Waals surface area (Å²) >= 11 is 1.06. The van der Waals surface area contributed by atoms with E-state index in [0.717, 1.165) is 50.6 Å². The summed E-state index contributed by atoms with van der Waals surface area (Å²) < 4.78 is 18.6.